The highest BCUT2D eigenvalue weighted by molar-refractivity contribution is 5.77. The minimum atomic E-state index is 0.0414. The minimum absolute atomic E-state index is 0.0414. The van der Waals surface area contributed by atoms with Crippen LogP contribution in [-0.2, 0) is 9.53 Å². The van der Waals surface area contributed by atoms with Gasteiger partial charge in [0.25, 0.3) is 0 Å². The van der Waals surface area contributed by atoms with Crippen molar-refractivity contribution in [3.63, 3.8) is 0 Å². The Morgan fingerprint density at radius 3 is 2.65 bits per heavy atom. The molecule has 0 bridgehead atoms. The van der Waals surface area contributed by atoms with Gasteiger partial charge in [-0.3, -0.25) is 4.79 Å². The van der Waals surface area contributed by atoms with E-state index in [0.717, 1.165) is 18.5 Å². The second kappa shape index (κ2) is 6.65. The topological polar surface area (TPSA) is 64.5 Å². The van der Waals surface area contributed by atoms with E-state index in [9.17, 15) is 4.79 Å². The van der Waals surface area contributed by atoms with E-state index < -0.39 is 0 Å². The fourth-order valence-electron chi connectivity index (χ4n) is 2.35. The first kappa shape index (κ1) is 14.7. The standard InChI is InChI=1S/C14H21N3O3/c1-10-8-13(16-11(2)15-10)20-12-4-6-17(7-5-12)14(18)9-19-3/h8,12H,4-7,9H2,1-3H3. The van der Waals surface area contributed by atoms with E-state index in [1.165, 1.54) is 7.11 Å². The summed E-state index contributed by atoms with van der Waals surface area (Å²) in [5, 5.41) is 0. The lowest BCUT2D eigenvalue weighted by Crippen LogP contribution is -2.43. The normalized spacial score (nSPS) is 16.2. The van der Waals surface area contributed by atoms with Crippen LogP contribution in [0.15, 0.2) is 6.07 Å². The molecule has 0 saturated carbocycles. The summed E-state index contributed by atoms with van der Waals surface area (Å²) in [6.07, 6.45) is 1.74. The molecule has 1 aliphatic heterocycles. The zero-order chi connectivity index (χ0) is 14.5. The van der Waals surface area contributed by atoms with E-state index in [0.29, 0.717) is 24.8 Å². The molecule has 110 valence electrons. The molecular weight excluding hydrogens is 258 g/mol. The van der Waals surface area contributed by atoms with Crippen LogP contribution >= 0.6 is 0 Å². The molecule has 0 aromatic carbocycles. The maximum Gasteiger partial charge on any atom is 0.248 e. The Labute approximate surface area is 119 Å². The van der Waals surface area contributed by atoms with Gasteiger partial charge >= 0.3 is 0 Å². The molecule has 1 fully saturated rings. The van der Waals surface area contributed by atoms with Crippen molar-refractivity contribution in [2.45, 2.75) is 32.8 Å². The molecule has 1 amide bonds. The Morgan fingerprint density at radius 1 is 1.35 bits per heavy atom. The van der Waals surface area contributed by atoms with Gasteiger partial charge in [-0.1, -0.05) is 0 Å². The molecule has 0 radical (unpaired) electrons. The third kappa shape index (κ3) is 3.90. The van der Waals surface area contributed by atoms with Crippen molar-refractivity contribution in [2.75, 3.05) is 26.8 Å². The molecule has 6 heteroatoms. The lowest BCUT2D eigenvalue weighted by Gasteiger charge is -2.31. The third-order valence-corrected chi connectivity index (χ3v) is 3.29. The summed E-state index contributed by atoms with van der Waals surface area (Å²) in [5.74, 6) is 1.38. The monoisotopic (exact) mass is 279 g/mol. The Bertz CT molecular complexity index is 450. The number of hydrogen-bond acceptors (Lipinski definition) is 5. The molecule has 6 nitrogen and oxygen atoms in total. The lowest BCUT2D eigenvalue weighted by atomic mass is 10.1. The van der Waals surface area contributed by atoms with Crippen molar-refractivity contribution in [1.82, 2.24) is 14.9 Å². The summed E-state index contributed by atoms with van der Waals surface area (Å²) < 4.78 is 10.8. The zero-order valence-electron chi connectivity index (χ0n) is 12.3. The fourth-order valence-corrected chi connectivity index (χ4v) is 2.35. The summed E-state index contributed by atoms with van der Waals surface area (Å²) in [6.45, 7) is 5.33. The minimum Gasteiger partial charge on any atom is -0.474 e. The number of carbonyl (C=O) groups is 1. The summed E-state index contributed by atoms with van der Waals surface area (Å²) in [5.41, 5.74) is 0.903. The van der Waals surface area contributed by atoms with Crippen LogP contribution in [0.3, 0.4) is 0 Å². The van der Waals surface area contributed by atoms with Crippen molar-refractivity contribution in [1.29, 1.82) is 0 Å². The Morgan fingerprint density at radius 2 is 2.05 bits per heavy atom. The molecule has 0 N–H and O–H groups in total. The molecule has 1 saturated heterocycles. The molecule has 2 heterocycles. The van der Waals surface area contributed by atoms with Gasteiger partial charge in [0.05, 0.1) is 0 Å². The van der Waals surface area contributed by atoms with Crippen molar-refractivity contribution >= 4 is 5.91 Å². The van der Waals surface area contributed by atoms with Crippen LogP contribution in [0.25, 0.3) is 0 Å². The summed E-state index contributed by atoms with van der Waals surface area (Å²) in [7, 11) is 1.54. The molecule has 0 unspecified atom stereocenters. The fraction of sp³-hybridized carbons (Fsp3) is 0.643. The number of hydrogen-bond donors (Lipinski definition) is 0. The van der Waals surface area contributed by atoms with Gasteiger partial charge in [-0.15, -0.1) is 0 Å². The molecule has 1 aromatic heterocycles. The average molecular weight is 279 g/mol. The molecule has 0 atom stereocenters. The number of ether oxygens (including phenoxy) is 2. The van der Waals surface area contributed by atoms with Gasteiger partial charge in [-0.2, -0.15) is 4.98 Å². The van der Waals surface area contributed by atoms with Crippen LogP contribution < -0.4 is 4.74 Å². The maximum absolute atomic E-state index is 11.7. The number of carbonyl (C=O) groups excluding carboxylic acids is 1. The van der Waals surface area contributed by atoms with Crippen LogP contribution in [0.5, 0.6) is 5.88 Å². The van der Waals surface area contributed by atoms with Gasteiger partial charge in [-0.05, 0) is 13.8 Å². The Hall–Kier alpha value is -1.69. The number of rotatable bonds is 4. The number of methoxy groups -OCH3 is 1. The van der Waals surface area contributed by atoms with E-state index >= 15 is 0 Å². The molecule has 0 spiro atoms. The molecular formula is C14H21N3O3. The number of aryl methyl sites for hydroxylation is 2. The Balaban J connectivity index is 1.86. The van der Waals surface area contributed by atoms with Crippen LogP contribution in [0.2, 0.25) is 0 Å². The number of piperidine rings is 1. The molecule has 2 rings (SSSR count). The van der Waals surface area contributed by atoms with E-state index in [4.69, 9.17) is 9.47 Å². The number of likely N-dealkylation sites (tertiary alicyclic amines) is 1. The third-order valence-electron chi connectivity index (χ3n) is 3.29. The van der Waals surface area contributed by atoms with Gasteiger partial charge in [0.2, 0.25) is 11.8 Å². The smallest absolute Gasteiger partial charge is 0.248 e. The highest BCUT2D eigenvalue weighted by Gasteiger charge is 2.24. The van der Waals surface area contributed by atoms with Gasteiger partial charge < -0.3 is 14.4 Å². The predicted molar refractivity (Wildman–Crippen MR) is 73.6 cm³/mol. The van der Waals surface area contributed by atoms with Crippen LogP contribution in [0.1, 0.15) is 24.4 Å². The Kier molecular flexibility index (Phi) is 4.89. The molecule has 20 heavy (non-hydrogen) atoms. The van der Waals surface area contributed by atoms with E-state index in [1.54, 1.807) is 0 Å². The van der Waals surface area contributed by atoms with Gasteiger partial charge in [0.1, 0.15) is 18.5 Å². The molecule has 0 aliphatic carbocycles. The maximum atomic E-state index is 11.7. The van der Waals surface area contributed by atoms with Crippen LogP contribution in [0, 0.1) is 13.8 Å². The van der Waals surface area contributed by atoms with Gasteiger partial charge in [-0.25, -0.2) is 4.98 Å². The van der Waals surface area contributed by atoms with Crippen molar-refractivity contribution < 1.29 is 14.3 Å². The lowest BCUT2D eigenvalue weighted by molar-refractivity contribution is -0.136. The van der Waals surface area contributed by atoms with Crippen molar-refractivity contribution in [2.24, 2.45) is 0 Å². The van der Waals surface area contributed by atoms with Crippen LogP contribution in [0.4, 0.5) is 0 Å². The highest BCUT2D eigenvalue weighted by atomic mass is 16.5. The largest absolute Gasteiger partial charge is 0.474 e. The SMILES string of the molecule is COCC(=O)N1CCC(Oc2cc(C)nc(C)n2)CC1. The zero-order valence-corrected chi connectivity index (χ0v) is 12.3. The van der Waals surface area contributed by atoms with Crippen LogP contribution in [-0.4, -0.2) is 53.7 Å². The first-order chi connectivity index (χ1) is 9.58. The van der Waals surface area contributed by atoms with E-state index in [2.05, 4.69) is 9.97 Å². The average Bonchev–Trinajstić information content (AvgIpc) is 2.38. The second-order valence-corrected chi connectivity index (χ2v) is 5.03. The number of nitrogens with zero attached hydrogens (tertiary/aromatic N) is 3. The van der Waals surface area contributed by atoms with Crippen molar-refractivity contribution in [3.05, 3.63) is 17.6 Å². The van der Waals surface area contributed by atoms with Crippen molar-refractivity contribution in [3.8, 4) is 5.88 Å². The van der Waals surface area contributed by atoms with Gasteiger partial charge in [0, 0.05) is 44.8 Å². The first-order valence-corrected chi connectivity index (χ1v) is 6.84. The summed E-state index contributed by atoms with van der Waals surface area (Å²) in [6, 6.07) is 1.84. The highest BCUT2D eigenvalue weighted by Crippen LogP contribution is 2.18. The predicted octanol–water partition coefficient (Wildman–Crippen LogP) is 1.11. The summed E-state index contributed by atoms with van der Waals surface area (Å²) in [4.78, 5) is 22.0. The quantitative estimate of drug-likeness (QED) is 0.826. The second-order valence-electron chi connectivity index (χ2n) is 5.03. The summed E-state index contributed by atoms with van der Waals surface area (Å²) >= 11 is 0. The number of amides is 1. The van der Waals surface area contributed by atoms with E-state index in [-0.39, 0.29) is 18.6 Å². The molecule has 1 aromatic rings. The number of aromatic nitrogens is 2. The first-order valence-electron chi connectivity index (χ1n) is 6.84. The molecule has 1 aliphatic rings. The van der Waals surface area contributed by atoms with E-state index in [1.807, 2.05) is 24.8 Å². The van der Waals surface area contributed by atoms with Gasteiger partial charge in [0.15, 0.2) is 0 Å².